The third-order valence-electron chi connectivity index (χ3n) is 2.83. The summed E-state index contributed by atoms with van der Waals surface area (Å²) in [4.78, 5) is 16.3. The maximum atomic E-state index is 12.0. The highest BCUT2D eigenvalue weighted by atomic mass is 16.1. The van der Waals surface area contributed by atoms with Gasteiger partial charge >= 0.3 is 0 Å². The first-order valence-electron chi connectivity index (χ1n) is 6.14. The molecule has 0 radical (unpaired) electrons. The zero-order chi connectivity index (χ0) is 14.2. The van der Waals surface area contributed by atoms with Gasteiger partial charge in [0.25, 0.3) is 5.91 Å². The maximum absolute atomic E-state index is 12.0. The molecule has 1 amide bonds. The molecule has 2 aromatic heterocycles. The topological polar surface area (TPSA) is 85.8 Å². The molecule has 0 aliphatic rings. The van der Waals surface area contributed by atoms with Gasteiger partial charge in [0, 0.05) is 30.7 Å². The molecule has 0 saturated carbocycles. The lowest BCUT2D eigenvalue weighted by Gasteiger charge is -2.18. The molecule has 2 rings (SSSR count). The highest BCUT2D eigenvalue weighted by Gasteiger charge is 2.15. The summed E-state index contributed by atoms with van der Waals surface area (Å²) < 4.78 is 1.70. The third kappa shape index (κ3) is 2.90. The van der Waals surface area contributed by atoms with E-state index >= 15 is 0 Å². The molecule has 102 valence electrons. The second-order valence-corrected chi connectivity index (χ2v) is 5.48. The molecule has 2 aromatic rings. The summed E-state index contributed by atoms with van der Waals surface area (Å²) in [5.74, 6) is -0.170. The highest BCUT2D eigenvalue weighted by Crippen LogP contribution is 2.16. The summed E-state index contributed by atoms with van der Waals surface area (Å²) in [5.41, 5.74) is 7.56. The molecule has 0 bridgehead atoms. The van der Waals surface area contributed by atoms with Crippen LogP contribution in [0, 0.1) is 6.92 Å². The minimum Gasteiger partial charge on any atom is -0.350 e. The molecular weight excluding hydrogens is 242 g/mol. The number of fused-ring (bicyclic) bond motifs is 1. The van der Waals surface area contributed by atoms with Gasteiger partial charge in [0.05, 0.1) is 11.3 Å². The van der Waals surface area contributed by atoms with Crippen LogP contribution >= 0.6 is 0 Å². The number of aromatic nitrogens is 3. The van der Waals surface area contributed by atoms with E-state index in [1.54, 1.807) is 10.9 Å². The fourth-order valence-corrected chi connectivity index (χ4v) is 1.84. The number of nitrogens with one attached hydrogen (secondary N) is 1. The molecule has 2 heterocycles. The van der Waals surface area contributed by atoms with Crippen molar-refractivity contribution in [2.24, 2.45) is 12.8 Å². The summed E-state index contributed by atoms with van der Waals surface area (Å²) in [6.07, 6.45) is 1.56. The first-order chi connectivity index (χ1) is 8.78. The van der Waals surface area contributed by atoms with Gasteiger partial charge in [-0.1, -0.05) is 0 Å². The number of carbonyl (C=O) groups excluding carboxylic acids is 1. The van der Waals surface area contributed by atoms with E-state index in [4.69, 9.17) is 5.73 Å². The zero-order valence-electron chi connectivity index (χ0n) is 11.7. The van der Waals surface area contributed by atoms with Crippen LogP contribution in [0.15, 0.2) is 12.3 Å². The van der Waals surface area contributed by atoms with E-state index in [1.165, 1.54) is 0 Å². The Kier molecular flexibility index (Phi) is 3.28. The van der Waals surface area contributed by atoms with Crippen LogP contribution in [0.1, 0.15) is 29.9 Å². The van der Waals surface area contributed by atoms with E-state index in [1.807, 2.05) is 33.9 Å². The van der Waals surface area contributed by atoms with Crippen LogP contribution in [0.3, 0.4) is 0 Å². The van der Waals surface area contributed by atoms with E-state index < -0.39 is 5.54 Å². The summed E-state index contributed by atoms with van der Waals surface area (Å²) in [5, 5.41) is 7.97. The Morgan fingerprint density at radius 3 is 2.84 bits per heavy atom. The lowest BCUT2D eigenvalue weighted by molar-refractivity contribution is 0.0946. The maximum Gasteiger partial charge on any atom is 0.252 e. The van der Waals surface area contributed by atoms with Crippen molar-refractivity contribution in [2.75, 3.05) is 6.54 Å². The first kappa shape index (κ1) is 13.5. The van der Waals surface area contributed by atoms with E-state index in [2.05, 4.69) is 15.4 Å². The van der Waals surface area contributed by atoms with E-state index in [0.717, 1.165) is 16.7 Å². The molecular formula is C13H19N5O. The third-order valence-corrected chi connectivity index (χ3v) is 2.83. The number of carbonyl (C=O) groups is 1. The predicted octanol–water partition coefficient (Wildman–Crippen LogP) is 0.744. The number of nitrogens with zero attached hydrogens (tertiary/aromatic N) is 3. The molecule has 19 heavy (non-hydrogen) atoms. The van der Waals surface area contributed by atoms with Crippen LogP contribution in [-0.4, -0.2) is 32.8 Å². The van der Waals surface area contributed by atoms with Gasteiger partial charge < -0.3 is 11.1 Å². The lowest BCUT2D eigenvalue weighted by atomic mass is 10.1. The molecule has 0 spiro atoms. The lowest BCUT2D eigenvalue weighted by Crippen LogP contribution is -2.45. The minimum atomic E-state index is -0.433. The van der Waals surface area contributed by atoms with Crippen molar-refractivity contribution < 1.29 is 4.79 Å². The Balaban J connectivity index is 2.26. The number of nitrogens with two attached hydrogens (primary N) is 1. The largest absolute Gasteiger partial charge is 0.350 e. The van der Waals surface area contributed by atoms with Crippen LogP contribution < -0.4 is 11.1 Å². The van der Waals surface area contributed by atoms with E-state index in [-0.39, 0.29) is 5.91 Å². The Morgan fingerprint density at radius 2 is 2.21 bits per heavy atom. The number of hydrogen-bond donors (Lipinski definition) is 2. The smallest absolute Gasteiger partial charge is 0.252 e. The number of hydrogen-bond acceptors (Lipinski definition) is 4. The highest BCUT2D eigenvalue weighted by molar-refractivity contribution is 5.97. The minimum absolute atomic E-state index is 0.170. The van der Waals surface area contributed by atoms with Gasteiger partial charge in [-0.25, -0.2) is 4.98 Å². The standard InChI is InChI=1S/C13H19N5O/c1-8-10-5-9(6-15-11(10)18(4)17-8)12(19)16-7-13(2,3)14/h5-6H,7,14H2,1-4H3,(H,16,19). The van der Waals surface area contributed by atoms with Gasteiger partial charge in [0.15, 0.2) is 5.65 Å². The molecule has 0 aliphatic heterocycles. The van der Waals surface area contributed by atoms with Crippen LogP contribution in [0.2, 0.25) is 0 Å². The number of aryl methyl sites for hydroxylation is 2. The number of amides is 1. The molecule has 0 saturated heterocycles. The Morgan fingerprint density at radius 1 is 1.53 bits per heavy atom. The summed E-state index contributed by atoms with van der Waals surface area (Å²) >= 11 is 0. The molecule has 0 atom stereocenters. The Bertz CT molecular complexity index is 624. The van der Waals surface area contributed by atoms with Gasteiger partial charge in [0.2, 0.25) is 0 Å². The second kappa shape index (κ2) is 4.62. The van der Waals surface area contributed by atoms with Crippen LogP contribution in [0.25, 0.3) is 11.0 Å². The predicted molar refractivity (Wildman–Crippen MR) is 73.8 cm³/mol. The fraction of sp³-hybridized carbons (Fsp3) is 0.462. The molecule has 3 N–H and O–H groups in total. The normalized spacial score (nSPS) is 11.8. The van der Waals surface area contributed by atoms with Crippen molar-refractivity contribution in [3.8, 4) is 0 Å². The average molecular weight is 261 g/mol. The van der Waals surface area contributed by atoms with Crippen molar-refractivity contribution >= 4 is 16.9 Å². The fourth-order valence-electron chi connectivity index (χ4n) is 1.84. The van der Waals surface area contributed by atoms with Gasteiger partial charge in [0.1, 0.15) is 0 Å². The summed E-state index contributed by atoms with van der Waals surface area (Å²) in [6, 6.07) is 1.81. The molecule has 6 nitrogen and oxygen atoms in total. The molecule has 0 unspecified atom stereocenters. The van der Waals surface area contributed by atoms with Crippen molar-refractivity contribution in [3.05, 3.63) is 23.5 Å². The van der Waals surface area contributed by atoms with E-state index in [9.17, 15) is 4.79 Å². The van der Waals surface area contributed by atoms with Crippen molar-refractivity contribution in [1.29, 1.82) is 0 Å². The summed E-state index contributed by atoms with van der Waals surface area (Å²) in [7, 11) is 1.83. The Labute approximate surface area is 112 Å². The monoisotopic (exact) mass is 261 g/mol. The van der Waals surface area contributed by atoms with Crippen LogP contribution in [-0.2, 0) is 7.05 Å². The SMILES string of the molecule is Cc1nn(C)c2ncc(C(=O)NCC(C)(C)N)cc12. The summed E-state index contributed by atoms with van der Waals surface area (Å²) in [6.45, 7) is 6.03. The van der Waals surface area contributed by atoms with Crippen molar-refractivity contribution in [1.82, 2.24) is 20.1 Å². The van der Waals surface area contributed by atoms with Crippen LogP contribution in [0.4, 0.5) is 0 Å². The first-order valence-corrected chi connectivity index (χ1v) is 6.14. The molecule has 0 aromatic carbocycles. The Hall–Kier alpha value is -1.95. The van der Waals surface area contributed by atoms with Gasteiger partial charge in [-0.3, -0.25) is 9.48 Å². The number of pyridine rings is 1. The second-order valence-electron chi connectivity index (χ2n) is 5.48. The van der Waals surface area contributed by atoms with E-state index in [0.29, 0.717) is 12.1 Å². The zero-order valence-corrected chi connectivity index (χ0v) is 11.7. The molecule has 6 heteroatoms. The van der Waals surface area contributed by atoms with Gasteiger partial charge in [-0.2, -0.15) is 5.10 Å². The number of rotatable bonds is 3. The van der Waals surface area contributed by atoms with Crippen molar-refractivity contribution in [3.63, 3.8) is 0 Å². The van der Waals surface area contributed by atoms with Crippen LogP contribution in [0.5, 0.6) is 0 Å². The van der Waals surface area contributed by atoms with Gasteiger partial charge in [-0.15, -0.1) is 0 Å². The molecule has 0 aliphatic carbocycles. The van der Waals surface area contributed by atoms with Crippen molar-refractivity contribution in [2.45, 2.75) is 26.3 Å². The average Bonchev–Trinajstić information content (AvgIpc) is 2.61. The molecule has 0 fully saturated rings. The quantitative estimate of drug-likeness (QED) is 0.853. The van der Waals surface area contributed by atoms with Gasteiger partial charge in [-0.05, 0) is 26.8 Å².